The number of rotatable bonds is 4. The van der Waals surface area contributed by atoms with Crippen LogP contribution in [0.1, 0.15) is 11.1 Å². The minimum atomic E-state index is -0.566. The number of hydrogen-bond acceptors (Lipinski definition) is 2. The third-order valence-electron chi connectivity index (χ3n) is 3.73. The van der Waals surface area contributed by atoms with E-state index in [1.54, 1.807) is 6.07 Å². The molecule has 1 aliphatic rings. The Labute approximate surface area is 141 Å². The first kappa shape index (κ1) is 15.7. The molecule has 4 nitrogen and oxygen atoms in total. The largest absolute Gasteiger partial charge is 0.325 e. The summed E-state index contributed by atoms with van der Waals surface area (Å²) in [5.41, 5.74) is 1.66. The molecule has 6 heteroatoms. The van der Waals surface area contributed by atoms with E-state index in [0.29, 0.717) is 16.5 Å². The molecule has 23 heavy (non-hydrogen) atoms. The van der Waals surface area contributed by atoms with Gasteiger partial charge in [-0.15, -0.1) is 0 Å². The number of carbonyl (C=O) groups is 2. The number of nitrogens with one attached hydrogen (secondary N) is 1. The maximum Gasteiger partial charge on any atom is 0.325 e. The summed E-state index contributed by atoms with van der Waals surface area (Å²) in [6.07, 6.45) is 0.451. The Kier molecular flexibility index (Phi) is 4.43. The summed E-state index contributed by atoms with van der Waals surface area (Å²) in [4.78, 5) is 25.7. The van der Waals surface area contributed by atoms with Gasteiger partial charge < -0.3 is 5.32 Å². The van der Waals surface area contributed by atoms with Crippen LogP contribution in [0.5, 0.6) is 0 Å². The molecule has 1 saturated heterocycles. The van der Waals surface area contributed by atoms with Crippen LogP contribution in [0.25, 0.3) is 0 Å². The lowest BCUT2D eigenvalue weighted by Crippen LogP contribution is -2.32. The monoisotopic (exact) mass is 376 g/mol. The van der Waals surface area contributed by atoms with Crippen LogP contribution in [0.3, 0.4) is 0 Å². The SMILES string of the molecule is O=C1NC(Cc2ccccc2)C(=O)N1Cc1ccc(F)cc1Br. The molecular formula is C17H14BrFN2O2. The first-order valence-corrected chi connectivity index (χ1v) is 7.93. The normalized spacial score (nSPS) is 17.5. The van der Waals surface area contributed by atoms with E-state index in [4.69, 9.17) is 0 Å². The molecule has 0 aliphatic carbocycles. The van der Waals surface area contributed by atoms with Crippen LogP contribution in [-0.4, -0.2) is 22.9 Å². The summed E-state index contributed by atoms with van der Waals surface area (Å²) >= 11 is 3.25. The van der Waals surface area contributed by atoms with Crippen molar-refractivity contribution in [2.24, 2.45) is 0 Å². The van der Waals surface area contributed by atoms with E-state index in [2.05, 4.69) is 21.2 Å². The Morgan fingerprint density at radius 3 is 2.57 bits per heavy atom. The highest BCUT2D eigenvalue weighted by molar-refractivity contribution is 9.10. The second-order valence-electron chi connectivity index (χ2n) is 5.35. The minimum absolute atomic E-state index is 0.108. The number of urea groups is 1. The first-order chi connectivity index (χ1) is 11.0. The van der Waals surface area contributed by atoms with Gasteiger partial charge in [-0.25, -0.2) is 9.18 Å². The molecular weight excluding hydrogens is 363 g/mol. The fourth-order valence-electron chi connectivity index (χ4n) is 2.54. The van der Waals surface area contributed by atoms with Crippen LogP contribution in [-0.2, 0) is 17.8 Å². The standard InChI is InChI=1S/C17H14BrFN2O2/c18-14-9-13(19)7-6-12(14)10-21-16(22)15(20-17(21)23)8-11-4-2-1-3-5-11/h1-7,9,15H,8,10H2,(H,20,23). The lowest BCUT2D eigenvalue weighted by Gasteiger charge is -2.14. The van der Waals surface area contributed by atoms with Crippen LogP contribution in [0, 0.1) is 5.82 Å². The topological polar surface area (TPSA) is 49.4 Å². The highest BCUT2D eigenvalue weighted by atomic mass is 79.9. The Bertz CT molecular complexity index is 752. The molecule has 0 radical (unpaired) electrons. The second-order valence-corrected chi connectivity index (χ2v) is 6.21. The van der Waals surface area contributed by atoms with Crippen molar-refractivity contribution in [1.29, 1.82) is 0 Å². The van der Waals surface area contributed by atoms with Crippen molar-refractivity contribution in [2.45, 2.75) is 19.0 Å². The van der Waals surface area contributed by atoms with Gasteiger partial charge >= 0.3 is 6.03 Å². The van der Waals surface area contributed by atoms with Gasteiger partial charge in [0.25, 0.3) is 5.91 Å². The predicted octanol–water partition coefficient (Wildman–Crippen LogP) is 3.25. The van der Waals surface area contributed by atoms with Gasteiger partial charge in [0.05, 0.1) is 6.54 Å². The average molecular weight is 377 g/mol. The van der Waals surface area contributed by atoms with Gasteiger partial charge in [0.15, 0.2) is 0 Å². The van der Waals surface area contributed by atoms with E-state index in [-0.39, 0.29) is 18.3 Å². The first-order valence-electron chi connectivity index (χ1n) is 7.14. The van der Waals surface area contributed by atoms with E-state index in [1.807, 2.05) is 30.3 Å². The fraction of sp³-hybridized carbons (Fsp3) is 0.176. The number of nitrogens with zero attached hydrogens (tertiary/aromatic N) is 1. The van der Waals surface area contributed by atoms with Crippen LogP contribution >= 0.6 is 15.9 Å². The molecule has 1 heterocycles. The zero-order valence-corrected chi connectivity index (χ0v) is 13.7. The predicted molar refractivity (Wildman–Crippen MR) is 87.1 cm³/mol. The van der Waals surface area contributed by atoms with E-state index < -0.39 is 12.1 Å². The van der Waals surface area contributed by atoms with Crippen molar-refractivity contribution in [2.75, 3.05) is 0 Å². The summed E-state index contributed by atoms with van der Waals surface area (Å²) in [6, 6.07) is 12.7. The number of amides is 3. The second kappa shape index (κ2) is 6.50. The molecule has 1 unspecified atom stereocenters. The molecule has 1 atom stereocenters. The molecule has 3 rings (SSSR count). The average Bonchev–Trinajstić information content (AvgIpc) is 2.78. The zero-order chi connectivity index (χ0) is 16.4. The molecule has 1 N–H and O–H groups in total. The molecule has 118 valence electrons. The summed E-state index contributed by atoms with van der Waals surface area (Å²) in [6.45, 7) is 0.108. The Balaban J connectivity index is 1.74. The molecule has 0 saturated carbocycles. The smallest absolute Gasteiger partial charge is 0.325 e. The van der Waals surface area contributed by atoms with Crippen molar-refractivity contribution in [1.82, 2.24) is 10.2 Å². The fourth-order valence-corrected chi connectivity index (χ4v) is 3.01. The van der Waals surface area contributed by atoms with Gasteiger partial charge in [-0.05, 0) is 23.3 Å². The van der Waals surface area contributed by atoms with E-state index in [9.17, 15) is 14.0 Å². The van der Waals surface area contributed by atoms with Crippen LogP contribution < -0.4 is 5.32 Å². The Hall–Kier alpha value is -2.21. The highest BCUT2D eigenvalue weighted by Crippen LogP contribution is 2.22. The van der Waals surface area contributed by atoms with Gasteiger partial charge in [-0.1, -0.05) is 52.3 Å². The number of halogens is 2. The number of imide groups is 1. The number of benzene rings is 2. The van der Waals surface area contributed by atoms with Crippen LogP contribution in [0.15, 0.2) is 53.0 Å². The zero-order valence-electron chi connectivity index (χ0n) is 12.1. The van der Waals surface area contributed by atoms with E-state index in [1.165, 1.54) is 12.1 Å². The summed E-state index contributed by atoms with van der Waals surface area (Å²) in [5, 5.41) is 2.70. The molecule has 0 bridgehead atoms. The Morgan fingerprint density at radius 1 is 1.13 bits per heavy atom. The van der Waals surface area contributed by atoms with Crippen molar-refractivity contribution in [3.8, 4) is 0 Å². The lowest BCUT2D eigenvalue weighted by atomic mass is 10.1. The van der Waals surface area contributed by atoms with Gasteiger partial charge in [-0.2, -0.15) is 0 Å². The van der Waals surface area contributed by atoms with Crippen molar-refractivity contribution in [3.63, 3.8) is 0 Å². The molecule has 1 aliphatic heterocycles. The lowest BCUT2D eigenvalue weighted by molar-refractivity contribution is -0.127. The van der Waals surface area contributed by atoms with Gasteiger partial charge in [-0.3, -0.25) is 9.69 Å². The number of carbonyl (C=O) groups excluding carboxylic acids is 2. The molecule has 3 amide bonds. The summed E-state index contributed by atoms with van der Waals surface area (Å²) < 4.78 is 13.7. The minimum Gasteiger partial charge on any atom is -0.325 e. The maximum absolute atomic E-state index is 13.1. The molecule has 0 aromatic heterocycles. The molecule has 1 fully saturated rings. The molecule has 2 aromatic rings. The van der Waals surface area contributed by atoms with Crippen molar-refractivity contribution in [3.05, 3.63) is 69.9 Å². The van der Waals surface area contributed by atoms with Gasteiger partial charge in [0.1, 0.15) is 11.9 Å². The van der Waals surface area contributed by atoms with Gasteiger partial charge in [0, 0.05) is 10.9 Å². The van der Waals surface area contributed by atoms with Crippen LogP contribution in [0.2, 0.25) is 0 Å². The third kappa shape index (κ3) is 3.42. The van der Waals surface area contributed by atoms with Crippen LogP contribution in [0.4, 0.5) is 9.18 Å². The Morgan fingerprint density at radius 2 is 1.87 bits per heavy atom. The highest BCUT2D eigenvalue weighted by Gasteiger charge is 2.37. The quantitative estimate of drug-likeness (QED) is 0.832. The summed E-state index contributed by atoms with van der Waals surface area (Å²) in [7, 11) is 0. The van der Waals surface area contributed by atoms with E-state index >= 15 is 0 Å². The van der Waals surface area contributed by atoms with Crippen molar-refractivity contribution < 1.29 is 14.0 Å². The maximum atomic E-state index is 13.1. The third-order valence-corrected chi connectivity index (χ3v) is 4.47. The van der Waals surface area contributed by atoms with Crippen molar-refractivity contribution >= 4 is 27.9 Å². The number of hydrogen-bond donors (Lipinski definition) is 1. The molecule has 0 spiro atoms. The van der Waals surface area contributed by atoms with Gasteiger partial charge in [0.2, 0.25) is 0 Å². The summed E-state index contributed by atoms with van der Waals surface area (Å²) in [5.74, 6) is -0.644. The molecule has 2 aromatic carbocycles. The van der Waals surface area contributed by atoms with E-state index in [0.717, 1.165) is 10.5 Å².